The van der Waals surface area contributed by atoms with Crippen molar-refractivity contribution < 1.29 is 4.79 Å². The summed E-state index contributed by atoms with van der Waals surface area (Å²) in [6.45, 7) is 4.22. The van der Waals surface area contributed by atoms with Gasteiger partial charge in [-0.15, -0.1) is 0 Å². The van der Waals surface area contributed by atoms with Crippen LogP contribution in [0.5, 0.6) is 0 Å². The summed E-state index contributed by atoms with van der Waals surface area (Å²) in [7, 11) is 1.88. The average Bonchev–Trinajstić information content (AvgIpc) is 2.67. The molecule has 0 aromatic carbocycles. The Morgan fingerprint density at radius 1 is 1.42 bits per heavy atom. The van der Waals surface area contributed by atoms with E-state index in [9.17, 15) is 4.79 Å². The standard InChI is InChI=1S/C12H14ClN5O/c1-7-9(5-15-18(7)3)4-14-12-10(6-19)11(13)16-8(2)17-12/h5-6H,4H2,1-3H3,(H,14,16,17). The van der Waals surface area contributed by atoms with E-state index in [2.05, 4.69) is 20.4 Å². The van der Waals surface area contributed by atoms with E-state index in [4.69, 9.17) is 11.6 Å². The van der Waals surface area contributed by atoms with Crippen molar-refractivity contribution >= 4 is 23.7 Å². The molecule has 7 heteroatoms. The Labute approximate surface area is 115 Å². The lowest BCUT2D eigenvalue weighted by atomic mass is 10.2. The highest BCUT2D eigenvalue weighted by Gasteiger charge is 2.11. The van der Waals surface area contributed by atoms with Crippen LogP contribution in [0.25, 0.3) is 0 Å². The van der Waals surface area contributed by atoms with Crippen LogP contribution in [0.2, 0.25) is 5.15 Å². The summed E-state index contributed by atoms with van der Waals surface area (Å²) in [6, 6.07) is 0. The van der Waals surface area contributed by atoms with E-state index in [0.29, 0.717) is 24.5 Å². The van der Waals surface area contributed by atoms with Crippen LogP contribution in [-0.2, 0) is 13.6 Å². The van der Waals surface area contributed by atoms with E-state index in [1.54, 1.807) is 17.8 Å². The normalized spacial score (nSPS) is 10.5. The fourth-order valence-corrected chi connectivity index (χ4v) is 1.94. The molecule has 0 aliphatic heterocycles. The van der Waals surface area contributed by atoms with Crippen LogP contribution in [0, 0.1) is 13.8 Å². The van der Waals surface area contributed by atoms with Crippen LogP contribution in [-0.4, -0.2) is 26.0 Å². The lowest BCUT2D eigenvalue weighted by Crippen LogP contribution is -2.08. The third-order valence-electron chi connectivity index (χ3n) is 2.91. The van der Waals surface area contributed by atoms with Crippen molar-refractivity contribution in [3.63, 3.8) is 0 Å². The Kier molecular flexibility index (Phi) is 3.80. The Morgan fingerprint density at radius 3 is 2.74 bits per heavy atom. The number of hydrogen-bond donors (Lipinski definition) is 1. The van der Waals surface area contributed by atoms with Crippen molar-refractivity contribution in [2.45, 2.75) is 20.4 Å². The van der Waals surface area contributed by atoms with Gasteiger partial charge in [0.25, 0.3) is 0 Å². The first-order valence-electron chi connectivity index (χ1n) is 5.73. The summed E-state index contributed by atoms with van der Waals surface area (Å²) in [5.74, 6) is 0.955. The van der Waals surface area contributed by atoms with E-state index >= 15 is 0 Å². The van der Waals surface area contributed by atoms with Crippen LogP contribution in [0.3, 0.4) is 0 Å². The summed E-state index contributed by atoms with van der Waals surface area (Å²) >= 11 is 5.91. The molecule has 0 saturated carbocycles. The molecule has 2 aromatic rings. The lowest BCUT2D eigenvalue weighted by Gasteiger charge is -2.09. The number of nitrogens with one attached hydrogen (secondary N) is 1. The minimum absolute atomic E-state index is 0.160. The molecule has 19 heavy (non-hydrogen) atoms. The second-order valence-electron chi connectivity index (χ2n) is 4.17. The Bertz CT molecular complexity index is 623. The Morgan fingerprint density at radius 2 is 2.16 bits per heavy atom. The Balaban J connectivity index is 2.24. The molecule has 100 valence electrons. The van der Waals surface area contributed by atoms with E-state index in [0.717, 1.165) is 11.3 Å². The van der Waals surface area contributed by atoms with Gasteiger partial charge in [0.1, 0.15) is 16.8 Å². The predicted molar refractivity (Wildman–Crippen MR) is 72.4 cm³/mol. The summed E-state index contributed by atoms with van der Waals surface area (Å²) in [6.07, 6.45) is 2.43. The molecule has 0 saturated heterocycles. The van der Waals surface area contributed by atoms with Gasteiger partial charge in [0, 0.05) is 24.8 Å². The maximum absolute atomic E-state index is 11.0. The van der Waals surface area contributed by atoms with Gasteiger partial charge in [-0.25, -0.2) is 9.97 Å². The molecule has 0 unspecified atom stereocenters. The quantitative estimate of drug-likeness (QED) is 0.684. The second-order valence-corrected chi connectivity index (χ2v) is 4.53. The monoisotopic (exact) mass is 279 g/mol. The molecule has 2 aromatic heterocycles. The molecule has 0 amide bonds. The zero-order chi connectivity index (χ0) is 14.0. The van der Waals surface area contributed by atoms with E-state index in [1.165, 1.54) is 0 Å². The van der Waals surface area contributed by atoms with Gasteiger partial charge in [-0.3, -0.25) is 9.48 Å². The number of rotatable bonds is 4. The molecule has 0 fully saturated rings. The topological polar surface area (TPSA) is 72.7 Å². The van der Waals surface area contributed by atoms with E-state index in [1.807, 2.05) is 14.0 Å². The number of nitrogens with zero attached hydrogens (tertiary/aromatic N) is 4. The number of anilines is 1. The third-order valence-corrected chi connectivity index (χ3v) is 3.20. The molecule has 6 nitrogen and oxygen atoms in total. The van der Waals surface area contributed by atoms with Gasteiger partial charge >= 0.3 is 0 Å². The molecule has 0 radical (unpaired) electrons. The smallest absolute Gasteiger partial charge is 0.156 e. The lowest BCUT2D eigenvalue weighted by molar-refractivity contribution is 0.112. The highest BCUT2D eigenvalue weighted by atomic mass is 35.5. The molecule has 0 bridgehead atoms. The zero-order valence-electron chi connectivity index (χ0n) is 10.9. The highest BCUT2D eigenvalue weighted by molar-refractivity contribution is 6.32. The summed E-state index contributed by atoms with van der Waals surface area (Å²) in [4.78, 5) is 19.2. The first-order valence-corrected chi connectivity index (χ1v) is 6.11. The largest absolute Gasteiger partial charge is 0.365 e. The molecule has 2 heterocycles. The van der Waals surface area contributed by atoms with Crippen molar-refractivity contribution in [2.75, 3.05) is 5.32 Å². The number of hydrogen-bond acceptors (Lipinski definition) is 5. The minimum Gasteiger partial charge on any atom is -0.365 e. The molecule has 0 aliphatic rings. The number of aldehydes is 1. The molecular formula is C12H14ClN5O. The first kappa shape index (κ1) is 13.5. The van der Waals surface area contributed by atoms with Gasteiger partial charge in [0.15, 0.2) is 6.29 Å². The van der Waals surface area contributed by atoms with Crippen LogP contribution < -0.4 is 5.32 Å². The number of carbonyl (C=O) groups excluding carboxylic acids is 1. The average molecular weight is 280 g/mol. The molecule has 1 N–H and O–H groups in total. The van der Waals surface area contributed by atoms with Crippen molar-refractivity contribution in [3.8, 4) is 0 Å². The number of carbonyl (C=O) groups is 1. The molecule has 0 aliphatic carbocycles. The fraction of sp³-hybridized carbons (Fsp3) is 0.333. The summed E-state index contributed by atoms with van der Waals surface area (Å²) in [5.41, 5.74) is 2.36. The molecular weight excluding hydrogens is 266 g/mol. The maximum atomic E-state index is 11.0. The molecule has 2 rings (SSSR count). The Hall–Kier alpha value is -1.95. The van der Waals surface area contributed by atoms with E-state index in [-0.39, 0.29) is 10.7 Å². The van der Waals surface area contributed by atoms with Crippen molar-refractivity contribution in [3.05, 3.63) is 34.0 Å². The highest BCUT2D eigenvalue weighted by Crippen LogP contribution is 2.20. The van der Waals surface area contributed by atoms with Crippen molar-refractivity contribution in [1.82, 2.24) is 19.7 Å². The number of aromatic nitrogens is 4. The summed E-state index contributed by atoms with van der Waals surface area (Å²) < 4.78 is 1.79. The SMILES string of the molecule is Cc1nc(Cl)c(C=O)c(NCc2cnn(C)c2C)n1. The van der Waals surface area contributed by atoms with Gasteiger partial charge < -0.3 is 5.32 Å². The van der Waals surface area contributed by atoms with Gasteiger partial charge in [-0.2, -0.15) is 5.10 Å². The first-order chi connectivity index (χ1) is 9.02. The van der Waals surface area contributed by atoms with Crippen molar-refractivity contribution in [2.24, 2.45) is 7.05 Å². The zero-order valence-corrected chi connectivity index (χ0v) is 11.7. The van der Waals surface area contributed by atoms with Gasteiger partial charge in [0.05, 0.1) is 11.8 Å². The second kappa shape index (κ2) is 5.36. The van der Waals surface area contributed by atoms with Crippen LogP contribution >= 0.6 is 11.6 Å². The summed E-state index contributed by atoms with van der Waals surface area (Å²) in [5, 5.41) is 7.41. The minimum atomic E-state index is 0.160. The maximum Gasteiger partial charge on any atom is 0.156 e. The van der Waals surface area contributed by atoms with Gasteiger partial charge in [-0.1, -0.05) is 11.6 Å². The van der Waals surface area contributed by atoms with Gasteiger partial charge in [-0.05, 0) is 13.8 Å². The molecule has 0 spiro atoms. The van der Waals surface area contributed by atoms with Crippen molar-refractivity contribution in [1.29, 1.82) is 0 Å². The van der Waals surface area contributed by atoms with Crippen LogP contribution in [0.15, 0.2) is 6.20 Å². The van der Waals surface area contributed by atoms with Crippen LogP contribution in [0.1, 0.15) is 27.4 Å². The third kappa shape index (κ3) is 2.73. The predicted octanol–water partition coefficient (Wildman–Crippen LogP) is 1.90. The fourth-order valence-electron chi connectivity index (χ4n) is 1.68. The number of halogens is 1. The number of aryl methyl sites for hydroxylation is 2. The van der Waals surface area contributed by atoms with Gasteiger partial charge in [0.2, 0.25) is 0 Å². The van der Waals surface area contributed by atoms with Crippen LogP contribution in [0.4, 0.5) is 5.82 Å². The molecule has 0 atom stereocenters. The van der Waals surface area contributed by atoms with E-state index < -0.39 is 0 Å².